The average Bonchev–Trinajstić information content (AvgIpc) is 2.78. The van der Waals surface area contributed by atoms with Crippen molar-refractivity contribution in [3.8, 4) is 17.2 Å². The SMILES string of the molecule is CCCCc1nc(Cl)cc(COC(C)=O)c1Cc1ccc(-c2ccccc2C#N)cc1. The minimum Gasteiger partial charge on any atom is -0.461 e. The van der Waals surface area contributed by atoms with Crippen molar-refractivity contribution in [3.05, 3.63) is 87.7 Å². The minimum atomic E-state index is -0.325. The van der Waals surface area contributed by atoms with Crippen LogP contribution in [0.2, 0.25) is 5.15 Å². The Morgan fingerprint density at radius 1 is 1.16 bits per heavy atom. The Bertz CT molecular complexity index is 1100. The summed E-state index contributed by atoms with van der Waals surface area (Å²) in [4.78, 5) is 15.9. The highest BCUT2D eigenvalue weighted by Crippen LogP contribution is 2.27. The van der Waals surface area contributed by atoms with Gasteiger partial charge in [0.05, 0.1) is 11.6 Å². The molecule has 3 aromatic rings. The van der Waals surface area contributed by atoms with Crippen LogP contribution in [0.1, 0.15) is 54.6 Å². The van der Waals surface area contributed by atoms with Gasteiger partial charge in [-0.1, -0.05) is 67.4 Å². The van der Waals surface area contributed by atoms with Crippen molar-refractivity contribution in [1.29, 1.82) is 5.26 Å². The predicted octanol–water partition coefficient (Wildman–Crippen LogP) is 6.27. The van der Waals surface area contributed by atoms with Gasteiger partial charge in [-0.3, -0.25) is 4.79 Å². The first-order valence-electron chi connectivity index (χ1n) is 10.4. The summed E-state index contributed by atoms with van der Waals surface area (Å²) < 4.78 is 5.27. The molecule has 1 aromatic heterocycles. The zero-order valence-corrected chi connectivity index (χ0v) is 18.6. The maximum atomic E-state index is 11.4. The highest BCUT2D eigenvalue weighted by molar-refractivity contribution is 6.29. The lowest BCUT2D eigenvalue weighted by Gasteiger charge is -2.15. The first kappa shape index (κ1) is 22.5. The molecule has 0 amide bonds. The van der Waals surface area contributed by atoms with E-state index in [1.54, 1.807) is 6.07 Å². The van der Waals surface area contributed by atoms with Crippen molar-refractivity contribution in [1.82, 2.24) is 4.98 Å². The van der Waals surface area contributed by atoms with E-state index in [0.717, 1.165) is 52.8 Å². The van der Waals surface area contributed by atoms with Gasteiger partial charge in [0.2, 0.25) is 0 Å². The van der Waals surface area contributed by atoms with Crippen molar-refractivity contribution in [2.45, 2.75) is 46.1 Å². The van der Waals surface area contributed by atoms with Crippen molar-refractivity contribution >= 4 is 17.6 Å². The molecule has 31 heavy (non-hydrogen) atoms. The van der Waals surface area contributed by atoms with Gasteiger partial charge in [-0.2, -0.15) is 5.26 Å². The maximum absolute atomic E-state index is 11.4. The number of benzene rings is 2. The third-order valence-electron chi connectivity index (χ3n) is 5.16. The van der Waals surface area contributed by atoms with Crippen LogP contribution >= 0.6 is 11.6 Å². The number of aryl methyl sites for hydroxylation is 1. The van der Waals surface area contributed by atoms with Crippen LogP contribution in [0.15, 0.2) is 54.6 Å². The lowest BCUT2D eigenvalue weighted by molar-refractivity contribution is -0.142. The van der Waals surface area contributed by atoms with Crippen LogP contribution in [0.3, 0.4) is 0 Å². The third kappa shape index (κ3) is 5.93. The fourth-order valence-electron chi connectivity index (χ4n) is 3.56. The van der Waals surface area contributed by atoms with Crippen LogP contribution in [0.4, 0.5) is 0 Å². The summed E-state index contributed by atoms with van der Waals surface area (Å²) in [6, 6.07) is 19.8. The molecule has 0 saturated carbocycles. The number of hydrogen-bond donors (Lipinski definition) is 0. The van der Waals surface area contributed by atoms with Crippen molar-refractivity contribution < 1.29 is 9.53 Å². The number of nitriles is 1. The fourth-order valence-corrected chi connectivity index (χ4v) is 3.79. The van der Waals surface area contributed by atoms with Gasteiger partial charge in [0, 0.05) is 12.6 Å². The summed E-state index contributed by atoms with van der Waals surface area (Å²) in [5.41, 5.74) is 6.59. The van der Waals surface area contributed by atoms with Gasteiger partial charge < -0.3 is 4.74 Å². The van der Waals surface area contributed by atoms with Gasteiger partial charge >= 0.3 is 5.97 Å². The molecule has 0 bridgehead atoms. The summed E-state index contributed by atoms with van der Waals surface area (Å²) in [7, 11) is 0. The van der Waals surface area contributed by atoms with Crippen molar-refractivity contribution in [3.63, 3.8) is 0 Å². The maximum Gasteiger partial charge on any atom is 0.302 e. The normalized spacial score (nSPS) is 10.5. The van der Waals surface area contributed by atoms with Crippen LogP contribution in [0.5, 0.6) is 0 Å². The summed E-state index contributed by atoms with van der Waals surface area (Å²) in [5, 5.41) is 9.79. The second-order valence-corrected chi connectivity index (χ2v) is 7.83. The highest BCUT2D eigenvalue weighted by Gasteiger charge is 2.14. The molecular weight excluding hydrogens is 408 g/mol. The van der Waals surface area contributed by atoms with Crippen molar-refractivity contribution in [2.75, 3.05) is 0 Å². The summed E-state index contributed by atoms with van der Waals surface area (Å²) >= 11 is 6.26. The number of hydrogen-bond acceptors (Lipinski definition) is 4. The monoisotopic (exact) mass is 432 g/mol. The molecule has 158 valence electrons. The number of nitrogens with zero attached hydrogens (tertiary/aromatic N) is 2. The van der Waals surface area contributed by atoms with Gasteiger partial charge in [-0.25, -0.2) is 4.98 Å². The van der Waals surface area contributed by atoms with Crippen LogP contribution in [0, 0.1) is 11.3 Å². The lowest BCUT2D eigenvalue weighted by atomic mass is 9.94. The number of carbonyl (C=O) groups excluding carboxylic acids is 1. The van der Waals surface area contributed by atoms with Gasteiger partial charge in [-0.05, 0) is 59.2 Å². The van der Waals surface area contributed by atoms with E-state index in [1.807, 2.05) is 36.4 Å². The molecule has 0 aliphatic rings. The van der Waals surface area contributed by atoms with E-state index < -0.39 is 0 Å². The standard InChI is InChI=1S/C26H25ClN2O2/c1-3-4-9-25-24(22(15-26(27)29-25)17-31-18(2)30)14-19-10-12-20(13-11-19)23-8-6-5-7-21(23)16-28/h5-8,10-13,15H,3-4,9,14,17H2,1-2H3. The second-order valence-electron chi connectivity index (χ2n) is 7.44. The molecule has 5 heteroatoms. The Balaban J connectivity index is 1.93. The lowest BCUT2D eigenvalue weighted by Crippen LogP contribution is -2.08. The first-order chi connectivity index (χ1) is 15.0. The van der Waals surface area contributed by atoms with Gasteiger partial charge in [-0.15, -0.1) is 0 Å². The van der Waals surface area contributed by atoms with E-state index in [-0.39, 0.29) is 12.6 Å². The number of rotatable bonds is 8. The van der Waals surface area contributed by atoms with E-state index in [2.05, 4.69) is 30.1 Å². The molecule has 0 aliphatic carbocycles. The second kappa shape index (κ2) is 10.7. The van der Waals surface area contributed by atoms with Crippen LogP contribution < -0.4 is 0 Å². The summed E-state index contributed by atoms with van der Waals surface area (Å²) in [6.45, 7) is 3.72. The number of ether oxygens (including phenoxy) is 1. The Labute approximate surface area is 188 Å². The molecule has 0 radical (unpaired) electrons. The molecule has 0 N–H and O–H groups in total. The van der Waals surface area contributed by atoms with E-state index >= 15 is 0 Å². The molecule has 4 nitrogen and oxygen atoms in total. The van der Waals surface area contributed by atoms with Gasteiger partial charge in [0.25, 0.3) is 0 Å². The Kier molecular flexibility index (Phi) is 7.81. The predicted molar refractivity (Wildman–Crippen MR) is 123 cm³/mol. The average molecular weight is 433 g/mol. The van der Waals surface area contributed by atoms with E-state index in [0.29, 0.717) is 17.1 Å². The number of halogens is 1. The van der Waals surface area contributed by atoms with Gasteiger partial charge in [0.15, 0.2) is 0 Å². The summed E-state index contributed by atoms with van der Waals surface area (Å²) in [5.74, 6) is -0.325. The molecule has 0 saturated heterocycles. The van der Waals surface area contributed by atoms with E-state index in [1.165, 1.54) is 6.92 Å². The Morgan fingerprint density at radius 2 is 1.90 bits per heavy atom. The summed E-state index contributed by atoms with van der Waals surface area (Å²) in [6.07, 6.45) is 3.56. The number of carbonyl (C=O) groups is 1. The molecule has 1 heterocycles. The topological polar surface area (TPSA) is 63.0 Å². The zero-order chi connectivity index (χ0) is 22.2. The van der Waals surface area contributed by atoms with Crippen molar-refractivity contribution in [2.24, 2.45) is 0 Å². The fraction of sp³-hybridized carbons (Fsp3) is 0.269. The van der Waals surface area contributed by atoms with Crippen LogP contribution in [-0.2, 0) is 29.0 Å². The Hall–Kier alpha value is -3.16. The number of aromatic nitrogens is 1. The van der Waals surface area contributed by atoms with Crippen LogP contribution in [0.25, 0.3) is 11.1 Å². The molecule has 0 fully saturated rings. The smallest absolute Gasteiger partial charge is 0.302 e. The highest BCUT2D eigenvalue weighted by atomic mass is 35.5. The third-order valence-corrected chi connectivity index (χ3v) is 5.36. The quantitative estimate of drug-likeness (QED) is 0.311. The molecular formula is C26H25ClN2O2. The molecule has 0 unspecified atom stereocenters. The number of pyridine rings is 1. The Morgan fingerprint density at radius 3 is 2.58 bits per heavy atom. The zero-order valence-electron chi connectivity index (χ0n) is 17.8. The molecule has 0 aliphatic heterocycles. The number of unbranched alkanes of at least 4 members (excludes halogenated alkanes) is 1. The largest absolute Gasteiger partial charge is 0.461 e. The minimum absolute atomic E-state index is 0.180. The molecule has 0 atom stereocenters. The van der Waals surface area contributed by atoms with E-state index in [4.69, 9.17) is 16.3 Å². The van der Waals surface area contributed by atoms with Crippen LogP contribution in [-0.4, -0.2) is 11.0 Å². The molecule has 3 rings (SSSR count). The molecule has 0 spiro atoms. The van der Waals surface area contributed by atoms with Gasteiger partial charge in [0.1, 0.15) is 11.8 Å². The van der Waals surface area contributed by atoms with E-state index in [9.17, 15) is 10.1 Å². The molecule has 2 aromatic carbocycles. The first-order valence-corrected chi connectivity index (χ1v) is 10.8. The number of esters is 1.